The van der Waals surface area contributed by atoms with E-state index >= 15 is 0 Å². The van der Waals surface area contributed by atoms with Gasteiger partial charge < -0.3 is 4.57 Å². The van der Waals surface area contributed by atoms with Crippen LogP contribution in [-0.4, -0.2) is 30.9 Å². The first-order chi connectivity index (χ1) is 11.1. The largest absolute Gasteiger partial charge is 0.332 e. The van der Waals surface area contributed by atoms with Crippen molar-refractivity contribution in [3.63, 3.8) is 0 Å². The highest BCUT2D eigenvalue weighted by Gasteiger charge is 2.14. The van der Waals surface area contributed by atoms with Crippen LogP contribution in [0.4, 0.5) is 0 Å². The lowest BCUT2D eigenvalue weighted by atomic mass is 10.1. The predicted molar refractivity (Wildman–Crippen MR) is 85.8 cm³/mol. The van der Waals surface area contributed by atoms with Crippen LogP contribution in [0.2, 0.25) is 0 Å². The van der Waals surface area contributed by atoms with E-state index in [-0.39, 0.29) is 11.2 Å². The third-order valence-corrected chi connectivity index (χ3v) is 4.05. The van der Waals surface area contributed by atoms with Crippen molar-refractivity contribution in [3.8, 4) is 0 Å². The molecule has 9 nitrogen and oxygen atoms in total. The topological polar surface area (TPSA) is 98.9 Å². The zero-order chi connectivity index (χ0) is 16.4. The van der Waals surface area contributed by atoms with Gasteiger partial charge in [0.2, 0.25) is 0 Å². The summed E-state index contributed by atoms with van der Waals surface area (Å²) in [6.45, 7) is 1.00. The molecule has 0 radical (unpaired) electrons. The van der Waals surface area contributed by atoms with Crippen molar-refractivity contribution < 1.29 is 0 Å². The van der Waals surface area contributed by atoms with Crippen LogP contribution >= 0.6 is 0 Å². The molecule has 3 rings (SSSR count). The number of hydrogen-bond donors (Lipinski definition) is 0. The molecular formula is C14H19N7O2. The Balaban J connectivity index is 1.69. The van der Waals surface area contributed by atoms with Gasteiger partial charge in [-0.05, 0) is 24.5 Å². The Kier molecular flexibility index (Phi) is 4.18. The van der Waals surface area contributed by atoms with Crippen LogP contribution in [0.5, 0.6) is 0 Å². The number of aromatic nitrogens is 4. The first-order valence-corrected chi connectivity index (χ1v) is 7.62. The summed E-state index contributed by atoms with van der Waals surface area (Å²) < 4.78 is 4.37. The number of nitrogens with zero attached hydrogens (tertiary/aromatic N) is 7. The summed E-state index contributed by atoms with van der Waals surface area (Å²) in [5.74, 6) is 0. The van der Waals surface area contributed by atoms with E-state index in [1.807, 2.05) is 0 Å². The summed E-state index contributed by atoms with van der Waals surface area (Å²) in [6, 6.07) is 0. The summed E-state index contributed by atoms with van der Waals surface area (Å²) in [6.07, 6.45) is 5.04. The lowest BCUT2D eigenvalue weighted by Gasteiger charge is -2.08. The van der Waals surface area contributed by atoms with E-state index in [0.29, 0.717) is 24.3 Å². The Morgan fingerprint density at radius 3 is 2.74 bits per heavy atom. The molecule has 0 saturated carbocycles. The van der Waals surface area contributed by atoms with E-state index in [1.54, 1.807) is 25.0 Å². The van der Waals surface area contributed by atoms with E-state index in [9.17, 15) is 9.59 Å². The molecule has 0 fully saturated rings. The standard InChI is InChI=1S/C14H19N7O2/c1-19-9-15-12-11(19)13(22)21(14(23)20(12)2)7-5-3-4-6-10-8-16-18-17-10/h9H,3-8H2,1-2H3. The first-order valence-electron chi connectivity index (χ1n) is 7.62. The minimum absolute atomic E-state index is 0.277. The highest BCUT2D eigenvalue weighted by Crippen LogP contribution is 2.07. The predicted octanol–water partition coefficient (Wildman–Crippen LogP) is 0.816. The van der Waals surface area contributed by atoms with Crippen LogP contribution < -0.4 is 11.2 Å². The molecule has 0 atom stereocenters. The molecule has 0 aromatic carbocycles. The van der Waals surface area contributed by atoms with Crippen LogP contribution in [0, 0.1) is 0 Å². The lowest BCUT2D eigenvalue weighted by molar-refractivity contribution is 0.545. The van der Waals surface area contributed by atoms with Gasteiger partial charge in [-0.1, -0.05) is 6.42 Å². The maximum Gasteiger partial charge on any atom is 0.332 e. The van der Waals surface area contributed by atoms with Crippen LogP contribution in [0.1, 0.15) is 25.7 Å². The van der Waals surface area contributed by atoms with Gasteiger partial charge in [0, 0.05) is 20.6 Å². The average Bonchev–Trinajstić information content (AvgIpc) is 3.17. The van der Waals surface area contributed by atoms with Gasteiger partial charge in [-0.3, -0.25) is 13.9 Å². The summed E-state index contributed by atoms with van der Waals surface area (Å²) in [5.41, 5.74) is 1.27. The molecule has 0 saturated heterocycles. The summed E-state index contributed by atoms with van der Waals surface area (Å²) in [5, 5.41) is 11.3. The van der Waals surface area contributed by atoms with Gasteiger partial charge in [-0.25, -0.2) is 9.78 Å². The third kappa shape index (κ3) is 2.86. The highest BCUT2D eigenvalue weighted by atomic mass is 16.2. The van der Waals surface area contributed by atoms with E-state index in [1.165, 1.54) is 9.13 Å². The van der Waals surface area contributed by atoms with Gasteiger partial charge in [-0.15, -0.1) is 5.10 Å². The van der Waals surface area contributed by atoms with Gasteiger partial charge >= 0.3 is 5.69 Å². The Labute approximate surface area is 132 Å². The molecule has 0 N–H and O–H groups in total. The van der Waals surface area contributed by atoms with Gasteiger partial charge in [0.05, 0.1) is 12.0 Å². The van der Waals surface area contributed by atoms with E-state index in [0.717, 1.165) is 31.4 Å². The van der Waals surface area contributed by atoms with Crippen molar-refractivity contribution in [1.82, 2.24) is 18.7 Å². The first kappa shape index (κ1) is 15.3. The molecule has 23 heavy (non-hydrogen) atoms. The molecular weight excluding hydrogens is 298 g/mol. The molecule has 9 heteroatoms. The zero-order valence-electron chi connectivity index (χ0n) is 13.3. The van der Waals surface area contributed by atoms with Crippen LogP contribution in [0.15, 0.2) is 31.4 Å². The van der Waals surface area contributed by atoms with Gasteiger partial charge in [0.1, 0.15) is 6.54 Å². The molecule has 122 valence electrons. The fraction of sp³-hybridized carbons (Fsp3) is 0.571. The third-order valence-electron chi connectivity index (χ3n) is 4.05. The normalized spacial score (nSPS) is 13.9. The molecule has 2 aromatic heterocycles. The average molecular weight is 317 g/mol. The minimum atomic E-state index is -0.320. The van der Waals surface area contributed by atoms with Gasteiger partial charge in [0.25, 0.3) is 5.56 Å². The van der Waals surface area contributed by atoms with Gasteiger partial charge in [0.15, 0.2) is 11.2 Å². The Hall–Kier alpha value is -2.58. The van der Waals surface area contributed by atoms with E-state index in [4.69, 9.17) is 0 Å². The quantitative estimate of drug-likeness (QED) is 0.737. The SMILES string of the molecule is Cn1cnc2c1c(=O)n(CCCCCC1=NN=NC1)c(=O)n2C. The molecule has 0 spiro atoms. The molecule has 1 aliphatic heterocycles. The fourth-order valence-corrected chi connectivity index (χ4v) is 2.74. The summed E-state index contributed by atoms with van der Waals surface area (Å²) in [4.78, 5) is 28.9. The molecule has 0 aliphatic carbocycles. The minimum Gasteiger partial charge on any atom is -0.328 e. The maximum atomic E-state index is 12.5. The van der Waals surface area contributed by atoms with Gasteiger partial charge in [-0.2, -0.15) is 5.11 Å². The Bertz CT molecular complexity index is 900. The number of aryl methyl sites for hydroxylation is 2. The zero-order valence-corrected chi connectivity index (χ0v) is 13.3. The monoisotopic (exact) mass is 317 g/mol. The van der Waals surface area contributed by atoms with E-state index < -0.39 is 0 Å². The van der Waals surface area contributed by atoms with Crippen molar-refractivity contribution >= 4 is 16.9 Å². The Morgan fingerprint density at radius 1 is 1.17 bits per heavy atom. The highest BCUT2D eigenvalue weighted by molar-refractivity contribution is 5.86. The number of unbranched alkanes of at least 4 members (excludes halogenated alkanes) is 2. The summed E-state index contributed by atoms with van der Waals surface area (Å²) >= 11 is 0. The molecule has 3 heterocycles. The van der Waals surface area contributed by atoms with Crippen LogP contribution in [0.3, 0.4) is 0 Å². The van der Waals surface area contributed by atoms with Crippen LogP contribution in [-0.2, 0) is 20.6 Å². The molecule has 0 unspecified atom stereocenters. The molecule has 2 aromatic rings. The molecule has 0 amide bonds. The maximum absolute atomic E-state index is 12.5. The second-order valence-electron chi connectivity index (χ2n) is 5.69. The molecule has 1 aliphatic rings. The van der Waals surface area contributed by atoms with Crippen LogP contribution in [0.25, 0.3) is 11.2 Å². The second-order valence-corrected chi connectivity index (χ2v) is 5.69. The van der Waals surface area contributed by atoms with E-state index in [2.05, 4.69) is 20.4 Å². The molecule has 0 bridgehead atoms. The number of hydrogen-bond acceptors (Lipinski definition) is 6. The number of imidazole rings is 1. The van der Waals surface area contributed by atoms with Crippen molar-refractivity contribution in [2.45, 2.75) is 32.2 Å². The number of rotatable bonds is 6. The van der Waals surface area contributed by atoms with Crippen molar-refractivity contribution in [1.29, 1.82) is 0 Å². The summed E-state index contributed by atoms with van der Waals surface area (Å²) in [7, 11) is 3.39. The van der Waals surface area contributed by atoms with Crippen molar-refractivity contribution in [2.24, 2.45) is 29.5 Å². The number of fused-ring (bicyclic) bond motifs is 1. The fourth-order valence-electron chi connectivity index (χ4n) is 2.74. The van der Waals surface area contributed by atoms with Crippen molar-refractivity contribution in [3.05, 3.63) is 27.2 Å². The second kappa shape index (κ2) is 6.27. The Morgan fingerprint density at radius 2 is 2.00 bits per heavy atom. The smallest absolute Gasteiger partial charge is 0.328 e. The van der Waals surface area contributed by atoms with Crippen molar-refractivity contribution in [2.75, 3.05) is 6.54 Å². The lowest BCUT2D eigenvalue weighted by Crippen LogP contribution is -2.39.